The van der Waals surface area contributed by atoms with Crippen molar-refractivity contribution < 1.29 is 42.1 Å². The minimum atomic E-state index is 0. The SMILES string of the molecule is CC(C)(C)C.[Pt].[Pt]. The van der Waals surface area contributed by atoms with Gasteiger partial charge in [0.05, 0.1) is 0 Å². The monoisotopic (exact) mass is 462 g/mol. The fourth-order valence-corrected chi connectivity index (χ4v) is 0. The van der Waals surface area contributed by atoms with Gasteiger partial charge in [-0.25, -0.2) is 0 Å². The second kappa shape index (κ2) is 5.51. The van der Waals surface area contributed by atoms with Crippen LogP contribution >= 0.6 is 0 Å². The maximum atomic E-state index is 2.19. The van der Waals surface area contributed by atoms with Crippen LogP contribution in [0.1, 0.15) is 27.7 Å². The topological polar surface area (TPSA) is 0 Å². The van der Waals surface area contributed by atoms with Crippen LogP contribution in [0.4, 0.5) is 0 Å². The van der Waals surface area contributed by atoms with Crippen LogP contribution in [0.5, 0.6) is 0 Å². The molecule has 2 heteroatoms. The molecule has 0 aromatic rings. The van der Waals surface area contributed by atoms with Crippen molar-refractivity contribution in [3.05, 3.63) is 0 Å². The maximum absolute atomic E-state index is 2.19. The van der Waals surface area contributed by atoms with E-state index in [1.807, 2.05) is 0 Å². The van der Waals surface area contributed by atoms with Crippen LogP contribution in [-0.2, 0) is 42.1 Å². The van der Waals surface area contributed by atoms with E-state index in [0.717, 1.165) is 0 Å². The minimum absolute atomic E-state index is 0. The van der Waals surface area contributed by atoms with Crippen molar-refractivity contribution in [1.29, 1.82) is 0 Å². The Morgan fingerprint density at radius 3 is 0.714 bits per heavy atom. The molecule has 7 heavy (non-hydrogen) atoms. The molecular weight excluding hydrogens is 450 g/mol. The molecule has 0 aromatic heterocycles. The summed E-state index contributed by atoms with van der Waals surface area (Å²) in [5, 5.41) is 0. The molecule has 0 saturated carbocycles. The summed E-state index contributed by atoms with van der Waals surface area (Å²) in [6.45, 7) is 8.75. The van der Waals surface area contributed by atoms with Crippen LogP contribution < -0.4 is 0 Å². The van der Waals surface area contributed by atoms with Gasteiger partial charge in [0.1, 0.15) is 0 Å². The van der Waals surface area contributed by atoms with Crippen LogP contribution in [0.2, 0.25) is 0 Å². The van der Waals surface area contributed by atoms with E-state index in [1.165, 1.54) is 0 Å². The molecule has 0 fully saturated rings. The first-order valence-corrected chi connectivity index (χ1v) is 2.00. The van der Waals surface area contributed by atoms with Crippen molar-refractivity contribution >= 4 is 0 Å². The Morgan fingerprint density at radius 1 is 0.714 bits per heavy atom. The zero-order valence-corrected chi connectivity index (χ0v) is 9.68. The summed E-state index contributed by atoms with van der Waals surface area (Å²) in [6, 6.07) is 0. The molecule has 0 aromatic carbocycles. The van der Waals surface area contributed by atoms with Crippen molar-refractivity contribution in [1.82, 2.24) is 0 Å². The van der Waals surface area contributed by atoms with Gasteiger partial charge < -0.3 is 0 Å². The van der Waals surface area contributed by atoms with Crippen LogP contribution in [-0.4, -0.2) is 0 Å². The van der Waals surface area contributed by atoms with Crippen LogP contribution in [0, 0.1) is 5.41 Å². The Morgan fingerprint density at radius 2 is 0.714 bits per heavy atom. The first-order valence-electron chi connectivity index (χ1n) is 2.00. The Hall–Kier alpha value is 1.38. The molecule has 0 bridgehead atoms. The van der Waals surface area contributed by atoms with E-state index in [9.17, 15) is 0 Å². The quantitative estimate of drug-likeness (QED) is 0.517. The summed E-state index contributed by atoms with van der Waals surface area (Å²) in [4.78, 5) is 0. The van der Waals surface area contributed by atoms with Crippen molar-refractivity contribution in [2.45, 2.75) is 27.7 Å². The average molecular weight is 462 g/mol. The molecule has 0 radical (unpaired) electrons. The van der Waals surface area contributed by atoms with Crippen LogP contribution in [0.3, 0.4) is 0 Å². The smallest absolute Gasteiger partial charge is 0 e. The second-order valence-corrected chi connectivity index (χ2v) is 3.00. The van der Waals surface area contributed by atoms with Crippen molar-refractivity contribution in [3.8, 4) is 0 Å². The average Bonchev–Trinajstić information content (AvgIpc) is 0.722. The molecule has 0 spiro atoms. The van der Waals surface area contributed by atoms with Crippen molar-refractivity contribution in [2.24, 2.45) is 5.41 Å². The normalized spacial score (nSPS) is 8.57. The van der Waals surface area contributed by atoms with E-state index < -0.39 is 0 Å². The van der Waals surface area contributed by atoms with Gasteiger partial charge in [0.15, 0.2) is 0 Å². The fourth-order valence-electron chi connectivity index (χ4n) is 0. The predicted octanol–water partition coefficient (Wildman–Crippen LogP) is 2.05. The van der Waals surface area contributed by atoms with E-state index >= 15 is 0 Å². The summed E-state index contributed by atoms with van der Waals surface area (Å²) < 4.78 is 0. The summed E-state index contributed by atoms with van der Waals surface area (Å²) in [6.07, 6.45) is 0. The third-order valence-corrected chi connectivity index (χ3v) is 0. The number of hydrogen-bond acceptors (Lipinski definition) is 0. The molecule has 0 unspecified atom stereocenters. The molecule has 0 amide bonds. The van der Waals surface area contributed by atoms with E-state index in [4.69, 9.17) is 0 Å². The third kappa shape index (κ3) is 113. The molecule has 0 saturated heterocycles. The first kappa shape index (κ1) is 15.8. The molecule has 0 heterocycles. The van der Waals surface area contributed by atoms with Gasteiger partial charge in [-0.3, -0.25) is 0 Å². The molecule has 0 atom stereocenters. The van der Waals surface area contributed by atoms with Crippen LogP contribution in [0.25, 0.3) is 0 Å². The van der Waals surface area contributed by atoms with Gasteiger partial charge in [-0.2, -0.15) is 0 Å². The third-order valence-electron chi connectivity index (χ3n) is 0. The maximum Gasteiger partial charge on any atom is 0 e. The predicted molar refractivity (Wildman–Crippen MR) is 25.1 cm³/mol. The molecule has 0 aliphatic carbocycles. The van der Waals surface area contributed by atoms with E-state index in [0.29, 0.717) is 5.41 Å². The summed E-state index contributed by atoms with van der Waals surface area (Å²) >= 11 is 0. The van der Waals surface area contributed by atoms with E-state index in [-0.39, 0.29) is 42.1 Å². The second-order valence-electron chi connectivity index (χ2n) is 3.00. The zero-order chi connectivity index (χ0) is 4.50. The molecular formula is C5H12Pt2. The zero-order valence-electron chi connectivity index (χ0n) is 5.13. The summed E-state index contributed by atoms with van der Waals surface area (Å²) in [5.41, 5.74) is 0.500. The molecule has 0 aliphatic rings. The molecule has 52 valence electrons. The van der Waals surface area contributed by atoms with Gasteiger partial charge in [-0.05, 0) is 5.41 Å². The largest absolute Gasteiger partial charge is 0.0604 e. The van der Waals surface area contributed by atoms with Crippen molar-refractivity contribution in [2.75, 3.05) is 0 Å². The Kier molecular flexibility index (Phi) is 12.4. The molecule has 0 rings (SSSR count). The summed E-state index contributed by atoms with van der Waals surface area (Å²) in [5.74, 6) is 0. The molecule has 0 aliphatic heterocycles. The number of hydrogen-bond donors (Lipinski definition) is 0. The van der Waals surface area contributed by atoms with Gasteiger partial charge in [-0.15, -0.1) is 0 Å². The fraction of sp³-hybridized carbons (Fsp3) is 1.00. The minimum Gasteiger partial charge on any atom is -0.0604 e. The Balaban J connectivity index is -0.0000000800. The Bertz CT molecular complexity index is 21.6. The molecule has 0 nitrogen and oxygen atoms in total. The van der Waals surface area contributed by atoms with E-state index in [1.54, 1.807) is 0 Å². The van der Waals surface area contributed by atoms with E-state index in [2.05, 4.69) is 27.7 Å². The standard InChI is InChI=1S/C5H12.2Pt/c1-5(2,3)4;;/h1-4H3;;. The van der Waals surface area contributed by atoms with Gasteiger partial charge >= 0.3 is 0 Å². The van der Waals surface area contributed by atoms with Gasteiger partial charge in [0, 0.05) is 42.1 Å². The van der Waals surface area contributed by atoms with Gasteiger partial charge in [0.2, 0.25) is 0 Å². The summed E-state index contributed by atoms with van der Waals surface area (Å²) in [7, 11) is 0. The van der Waals surface area contributed by atoms with Gasteiger partial charge in [-0.1, -0.05) is 27.7 Å². The number of rotatable bonds is 0. The van der Waals surface area contributed by atoms with Gasteiger partial charge in [0.25, 0.3) is 0 Å². The van der Waals surface area contributed by atoms with Crippen molar-refractivity contribution in [3.63, 3.8) is 0 Å². The Labute approximate surface area is 75.0 Å². The first-order chi connectivity index (χ1) is 2.00. The van der Waals surface area contributed by atoms with Crippen LogP contribution in [0.15, 0.2) is 0 Å². The molecule has 0 N–H and O–H groups in total.